The molecule has 6 heteroatoms. The summed E-state index contributed by atoms with van der Waals surface area (Å²) in [6.07, 6.45) is 7.49. The third-order valence-electron chi connectivity index (χ3n) is 6.45. The van der Waals surface area contributed by atoms with Gasteiger partial charge in [-0.1, -0.05) is 37.3 Å². The summed E-state index contributed by atoms with van der Waals surface area (Å²) >= 11 is 0. The summed E-state index contributed by atoms with van der Waals surface area (Å²) in [6, 6.07) is 14.9. The molecule has 1 N–H and O–H groups in total. The van der Waals surface area contributed by atoms with Crippen LogP contribution in [0.5, 0.6) is 0 Å². The summed E-state index contributed by atoms with van der Waals surface area (Å²) in [5.74, 6) is -0.0613. The number of hydrogen-bond acceptors (Lipinski definition) is 4. The van der Waals surface area contributed by atoms with E-state index in [1.807, 2.05) is 22.9 Å². The molecule has 168 valence electrons. The van der Waals surface area contributed by atoms with Gasteiger partial charge in [0.1, 0.15) is 0 Å². The molecule has 0 fully saturated rings. The predicted octanol–water partition coefficient (Wildman–Crippen LogP) is 3.85. The molecule has 0 bridgehead atoms. The third kappa shape index (κ3) is 5.25. The molecule has 2 aromatic heterocycles. The summed E-state index contributed by atoms with van der Waals surface area (Å²) in [5.41, 5.74) is 5.30. The maximum Gasteiger partial charge on any atom is 0.272 e. The molecule has 0 saturated carbocycles. The fourth-order valence-electron chi connectivity index (χ4n) is 4.34. The van der Waals surface area contributed by atoms with Gasteiger partial charge in [-0.15, -0.1) is 0 Å². The molecule has 1 atom stereocenters. The summed E-state index contributed by atoms with van der Waals surface area (Å²) in [6.45, 7) is 7.57. The van der Waals surface area contributed by atoms with Crippen LogP contribution in [0.4, 0.5) is 0 Å². The van der Waals surface area contributed by atoms with Crippen LogP contribution in [0, 0.1) is 0 Å². The number of nitrogens with zero attached hydrogens (tertiary/aromatic N) is 4. The van der Waals surface area contributed by atoms with Gasteiger partial charge in [0.05, 0.1) is 6.54 Å². The Morgan fingerprint density at radius 3 is 2.66 bits per heavy atom. The Bertz CT molecular complexity index is 1020. The van der Waals surface area contributed by atoms with Crippen molar-refractivity contribution in [3.8, 4) is 0 Å². The largest absolute Gasteiger partial charge is 0.351 e. The van der Waals surface area contributed by atoms with Crippen LogP contribution in [-0.2, 0) is 25.9 Å². The minimum atomic E-state index is -0.0613. The molecule has 6 nitrogen and oxygen atoms in total. The minimum absolute atomic E-state index is 0.0613. The first-order valence-electron chi connectivity index (χ1n) is 11.7. The fourth-order valence-corrected chi connectivity index (χ4v) is 4.34. The molecule has 3 aromatic rings. The van der Waals surface area contributed by atoms with Gasteiger partial charge in [0, 0.05) is 55.7 Å². The highest BCUT2D eigenvalue weighted by molar-refractivity contribution is 5.94. The number of hydrogen-bond donors (Lipinski definition) is 1. The van der Waals surface area contributed by atoms with Crippen molar-refractivity contribution < 1.29 is 4.79 Å². The van der Waals surface area contributed by atoms with Crippen LogP contribution in [0.25, 0.3) is 0 Å². The molecule has 1 aliphatic rings. The average molecular weight is 432 g/mol. The molecule has 0 spiro atoms. The van der Waals surface area contributed by atoms with Crippen molar-refractivity contribution in [2.24, 2.45) is 0 Å². The smallest absolute Gasteiger partial charge is 0.272 e. The van der Waals surface area contributed by atoms with Crippen molar-refractivity contribution in [2.45, 2.75) is 58.7 Å². The number of pyridine rings is 1. The third-order valence-corrected chi connectivity index (χ3v) is 6.45. The Hall–Kier alpha value is -2.99. The Morgan fingerprint density at radius 2 is 1.91 bits per heavy atom. The minimum Gasteiger partial charge on any atom is -0.351 e. The number of benzene rings is 1. The number of carbonyl (C=O) groups is 1. The van der Waals surface area contributed by atoms with E-state index < -0.39 is 0 Å². The molecular formula is C26H33N5O. The van der Waals surface area contributed by atoms with Crippen LogP contribution in [0.15, 0.2) is 54.9 Å². The van der Waals surface area contributed by atoms with E-state index in [1.165, 1.54) is 11.3 Å². The molecule has 0 radical (unpaired) electrons. The highest BCUT2D eigenvalue weighted by atomic mass is 16.1. The van der Waals surface area contributed by atoms with Crippen molar-refractivity contribution in [1.82, 2.24) is 25.0 Å². The Morgan fingerprint density at radius 1 is 1.12 bits per heavy atom. The van der Waals surface area contributed by atoms with E-state index in [0.29, 0.717) is 24.8 Å². The highest BCUT2D eigenvalue weighted by Crippen LogP contribution is 2.25. The standard InChI is InChI=1S/C26H33N5O/c1-3-20(2)30-17-13-24-23(19-30)25(29-31(24)18-22-11-15-27-16-12-22)26(32)28-14-7-10-21-8-5-4-6-9-21/h4-6,8-9,11-12,15-16,20H,3,7,10,13-14,17-19H2,1-2H3,(H,28,32). The second-order valence-electron chi connectivity index (χ2n) is 8.61. The van der Waals surface area contributed by atoms with E-state index in [2.05, 4.69) is 53.3 Å². The van der Waals surface area contributed by atoms with Crippen LogP contribution in [0.1, 0.15) is 59.6 Å². The van der Waals surface area contributed by atoms with Crippen LogP contribution in [-0.4, -0.2) is 44.7 Å². The second-order valence-corrected chi connectivity index (χ2v) is 8.61. The summed E-state index contributed by atoms with van der Waals surface area (Å²) in [4.78, 5) is 19.7. The van der Waals surface area contributed by atoms with Gasteiger partial charge in [-0.25, -0.2) is 0 Å². The number of aromatic nitrogens is 3. The van der Waals surface area contributed by atoms with E-state index in [4.69, 9.17) is 5.10 Å². The lowest BCUT2D eigenvalue weighted by molar-refractivity contribution is 0.0944. The van der Waals surface area contributed by atoms with E-state index in [9.17, 15) is 4.79 Å². The van der Waals surface area contributed by atoms with Gasteiger partial charge < -0.3 is 5.32 Å². The lowest BCUT2D eigenvalue weighted by Gasteiger charge is -2.32. The molecule has 0 aliphatic carbocycles. The zero-order valence-corrected chi connectivity index (χ0v) is 19.1. The second kappa shape index (κ2) is 10.6. The molecule has 1 aliphatic heterocycles. The molecular weight excluding hydrogens is 398 g/mol. The van der Waals surface area contributed by atoms with Gasteiger partial charge >= 0.3 is 0 Å². The first kappa shape index (κ1) is 22.2. The predicted molar refractivity (Wildman–Crippen MR) is 127 cm³/mol. The number of carbonyl (C=O) groups excluding carboxylic acids is 1. The van der Waals surface area contributed by atoms with Gasteiger partial charge in [-0.3, -0.25) is 19.4 Å². The first-order chi connectivity index (χ1) is 15.7. The van der Waals surface area contributed by atoms with Crippen molar-refractivity contribution in [1.29, 1.82) is 0 Å². The SMILES string of the molecule is CCC(C)N1CCc2c(c(C(=O)NCCCc3ccccc3)nn2Cc2ccncc2)C1. The fraction of sp³-hybridized carbons (Fsp3) is 0.423. The topological polar surface area (TPSA) is 63.1 Å². The zero-order chi connectivity index (χ0) is 22.3. The van der Waals surface area contributed by atoms with E-state index in [0.717, 1.165) is 49.9 Å². The number of nitrogens with one attached hydrogen (secondary N) is 1. The molecule has 32 heavy (non-hydrogen) atoms. The van der Waals surface area contributed by atoms with Gasteiger partial charge in [0.2, 0.25) is 0 Å². The summed E-state index contributed by atoms with van der Waals surface area (Å²) < 4.78 is 2.03. The lowest BCUT2D eigenvalue weighted by atomic mass is 10.0. The number of fused-ring (bicyclic) bond motifs is 1. The van der Waals surface area contributed by atoms with Crippen LogP contribution in [0.2, 0.25) is 0 Å². The van der Waals surface area contributed by atoms with Crippen LogP contribution in [0.3, 0.4) is 0 Å². The maximum atomic E-state index is 13.1. The summed E-state index contributed by atoms with van der Waals surface area (Å²) in [7, 11) is 0. The maximum absolute atomic E-state index is 13.1. The van der Waals surface area contributed by atoms with Crippen molar-refractivity contribution in [3.05, 3.63) is 82.9 Å². The normalized spacial score (nSPS) is 14.7. The summed E-state index contributed by atoms with van der Waals surface area (Å²) in [5, 5.41) is 7.91. The van der Waals surface area contributed by atoms with Crippen molar-refractivity contribution in [2.75, 3.05) is 13.1 Å². The van der Waals surface area contributed by atoms with E-state index in [1.54, 1.807) is 12.4 Å². The van der Waals surface area contributed by atoms with Crippen LogP contribution >= 0.6 is 0 Å². The van der Waals surface area contributed by atoms with E-state index >= 15 is 0 Å². The van der Waals surface area contributed by atoms with Crippen LogP contribution < -0.4 is 5.32 Å². The monoisotopic (exact) mass is 431 g/mol. The Kier molecular flexibility index (Phi) is 7.32. The van der Waals surface area contributed by atoms with Crippen molar-refractivity contribution in [3.63, 3.8) is 0 Å². The van der Waals surface area contributed by atoms with E-state index in [-0.39, 0.29) is 5.91 Å². The number of rotatable bonds is 9. The number of aryl methyl sites for hydroxylation is 1. The van der Waals surface area contributed by atoms with Gasteiger partial charge in [0.25, 0.3) is 5.91 Å². The quantitative estimate of drug-likeness (QED) is 0.523. The Balaban J connectivity index is 1.48. The van der Waals surface area contributed by atoms with Crippen molar-refractivity contribution >= 4 is 5.91 Å². The first-order valence-corrected chi connectivity index (χ1v) is 11.7. The Labute approximate surface area is 190 Å². The van der Waals surface area contributed by atoms with Gasteiger partial charge in [-0.2, -0.15) is 5.10 Å². The highest BCUT2D eigenvalue weighted by Gasteiger charge is 2.29. The molecule has 1 unspecified atom stereocenters. The van der Waals surface area contributed by atoms with Gasteiger partial charge in [-0.05, 0) is 49.4 Å². The molecule has 1 amide bonds. The zero-order valence-electron chi connectivity index (χ0n) is 19.1. The lowest BCUT2D eigenvalue weighted by Crippen LogP contribution is -2.38. The van der Waals surface area contributed by atoms with Gasteiger partial charge in [0.15, 0.2) is 5.69 Å². The molecule has 3 heterocycles. The average Bonchev–Trinajstić information content (AvgIpc) is 3.20. The molecule has 1 aromatic carbocycles. The molecule has 4 rings (SSSR count). The number of amides is 1. The molecule has 0 saturated heterocycles.